The van der Waals surface area contributed by atoms with Crippen LogP contribution in [0.3, 0.4) is 0 Å². The first-order chi connectivity index (χ1) is 9.33. The molecule has 2 rings (SSSR count). The van der Waals surface area contributed by atoms with Crippen molar-refractivity contribution < 1.29 is 14.0 Å². The molecule has 0 aliphatic carbocycles. The third-order valence-corrected chi connectivity index (χ3v) is 2.77. The standard InChI is InChI=1S/C12H19N5O3/c1-12(2,3)13-6-9-16-17-11(20-9)14-7-4-5-8(18)15-10(7)19/h7,13H,4-6H2,1-3H3,(H,14,17)(H,15,18,19). The molecule has 0 radical (unpaired) electrons. The van der Waals surface area contributed by atoms with Crippen LogP contribution in [-0.4, -0.2) is 33.6 Å². The molecule has 1 aliphatic heterocycles. The van der Waals surface area contributed by atoms with Gasteiger partial charge in [-0.2, -0.15) is 0 Å². The maximum atomic E-state index is 11.6. The Kier molecular flexibility index (Phi) is 4.03. The molecular formula is C12H19N5O3. The van der Waals surface area contributed by atoms with Crippen molar-refractivity contribution in [3.8, 4) is 0 Å². The monoisotopic (exact) mass is 281 g/mol. The fourth-order valence-corrected chi connectivity index (χ4v) is 1.70. The Morgan fingerprint density at radius 2 is 2.10 bits per heavy atom. The number of hydrogen-bond donors (Lipinski definition) is 3. The molecule has 1 unspecified atom stereocenters. The second kappa shape index (κ2) is 5.58. The molecule has 20 heavy (non-hydrogen) atoms. The van der Waals surface area contributed by atoms with Crippen molar-refractivity contribution in [3.05, 3.63) is 5.89 Å². The van der Waals surface area contributed by atoms with Gasteiger partial charge in [-0.1, -0.05) is 5.10 Å². The van der Waals surface area contributed by atoms with Gasteiger partial charge in [0.1, 0.15) is 6.04 Å². The fourth-order valence-electron chi connectivity index (χ4n) is 1.70. The fraction of sp³-hybridized carbons (Fsp3) is 0.667. The minimum Gasteiger partial charge on any atom is -0.407 e. The van der Waals surface area contributed by atoms with Gasteiger partial charge in [0.15, 0.2) is 0 Å². The van der Waals surface area contributed by atoms with Gasteiger partial charge in [0.2, 0.25) is 17.7 Å². The Hall–Kier alpha value is -1.96. The van der Waals surface area contributed by atoms with E-state index >= 15 is 0 Å². The number of anilines is 1. The normalized spacial score (nSPS) is 19.9. The topological polar surface area (TPSA) is 109 Å². The Morgan fingerprint density at radius 3 is 2.75 bits per heavy atom. The summed E-state index contributed by atoms with van der Waals surface area (Å²) in [5.74, 6) is -0.183. The first kappa shape index (κ1) is 14.4. The number of aromatic nitrogens is 2. The number of piperidine rings is 1. The van der Waals surface area contributed by atoms with Gasteiger partial charge in [-0.15, -0.1) is 5.10 Å². The first-order valence-electron chi connectivity index (χ1n) is 6.51. The molecule has 3 N–H and O–H groups in total. The summed E-state index contributed by atoms with van der Waals surface area (Å²) in [5.41, 5.74) is -0.0499. The first-order valence-corrected chi connectivity index (χ1v) is 6.51. The van der Waals surface area contributed by atoms with Crippen molar-refractivity contribution in [2.75, 3.05) is 5.32 Å². The lowest BCUT2D eigenvalue weighted by atomic mass is 10.1. The zero-order valence-electron chi connectivity index (χ0n) is 11.8. The van der Waals surface area contributed by atoms with E-state index in [1.807, 2.05) is 20.8 Å². The molecule has 0 spiro atoms. The smallest absolute Gasteiger partial charge is 0.316 e. The Morgan fingerprint density at radius 1 is 1.35 bits per heavy atom. The van der Waals surface area contributed by atoms with Crippen LogP contribution in [0.1, 0.15) is 39.5 Å². The van der Waals surface area contributed by atoms with Gasteiger partial charge in [-0.25, -0.2) is 0 Å². The maximum Gasteiger partial charge on any atom is 0.316 e. The van der Waals surface area contributed by atoms with Gasteiger partial charge in [-0.05, 0) is 27.2 Å². The van der Waals surface area contributed by atoms with Crippen LogP contribution in [0.5, 0.6) is 0 Å². The van der Waals surface area contributed by atoms with Crippen molar-refractivity contribution in [1.29, 1.82) is 0 Å². The van der Waals surface area contributed by atoms with Gasteiger partial charge in [0, 0.05) is 12.0 Å². The van der Waals surface area contributed by atoms with Crippen LogP contribution >= 0.6 is 0 Å². The Bertz CT molecular complexity index is 505. The minimum atomic E-state index is -0.517. The van der Waals surface area contributed by atoms with E-state index in [9.17, 15) is 9.59 Å². The number of carbonyl (C=O) groups excluding carboxylic acids is 2. The molecule has 8 heteroatoms. The number of rotatable bonds is 4. The SMILES string of the molecule is CC(C)(C)NCc1nnc(NC2CCC(=O)NC2=O)o1. The molecule has 2 amide bonds. The highest BCUT2D eigenvalue weighted by Gasteiger charge is 2.27. The van der Waals surface area contributed by atoms with E-state index in [2.05, 4.69) is 26.1 Å². The van der Waals surface area contributed by atoms with E-state index in [-0.39, 0.29) is 23.4 Å². The van der Waals surface area contributed by atoms with Gasteiger partial charge in [0.25, 0.3) is 0 Å². The summed E-state index contributed by atoms with van der Waals surface area (Å²) in [6.45, 7) is 6.55. The van der Waals surface area contributed by atoms with Crippen molar-refractivity contribution in [2.24, 2.45) is 0 Å². The number of hydrogen-bond acceptors (Lipinski definition) is 7. The molecule has 1 aliphatic rings. The summed E-state index contributed by atoms with van der Waals surface area (Å²) in [6, 6.07) is -0.332. The van der Waals surface area contributed by atoms with E-state index < -0.39 is 6.04 Å². The zero-order valence-corrected chi connectivity index (χ0v) is 11.8. The molecule has 8 nitrogen and oxygen atoms in total. The second-order valence-corrected chi connectivity index (χ2v) is 5.75. The maximum absolute atomic E-state index is 11.6. The summed E-state index contributed by atoms with van der Waals surface area (Å²) in [7, 11) is 0. The highest BCUT2D eigenvalue weighted by molar-refractivity contribution is 6.01. The molecule has 0 aromatic carbocycles. The second-order valence-electron chi connectivity index (χ2n) is 5.75. The molecule has 1 aromatic heterocycles. The van der Waals surface area contributed by atoms with E-state index in [1.165, 1.54) is 0 Å². The van der Waals surface area contributed by atoms with Crippen LogP contribution in [-0.2, 0) is 16.1 Å². The lowest BCUT2D eigenvalue weighted by Gasteiger charge is -2.20. The molecule has 110 valence electrons. The predicted molar refractivity (Wildman–Crippen MR) is 70.7 cm³/mol. The summed E-state index contributed by atoms with van der Waals surface area (Å²) in [5, 5.41) is 16.0. The van der Waals surface area contributed by atoms with E-state index in [0.717, 1.165) is 0 Å². The van der Waals surface area contributed by atoms with E-state index in [4.69, 9.17) is 4.42 Å². The Balaban J connectivity index is 1.89. The van der Waals surface area contributed by atoms with Crippen LogP contribution in [0.2, 0.25) is 0 Å². The summed E-state index contributed by atoms with van der Waals surface area (Å²) >= 11 is 0. The molecule has 1 atom stereocenters. The minimum absolute atomic E-state index is 0.0499. The lowest BCUT2D eigenvalue weighted by molar-refractivity contribution is -0.133. The molecule has 0 bridgehead atoms. The highest BCUT2D eigenvalue weighted by atomic mass is 16.4. The zero-order chi connectivity index (χ0) is 14.8. The van der Waals surface area contributed by atoms with Gasteiger partial charge in [0.05, 0.1) is 6.54 Å². The Labute approximate surface area is 116 Å². The molecule has 1 saturated heterocycles. The summed E-state index contributed by atoms with van der Waals surface area (Å²) < 4.78 is 5.40. The number of imide groups is 1. The van der Waals surface area contributed by atoms with E-state index in [1.54, 1.807) is 0 Å². The predicted octanol–water partition coefficient (Wildman–Crippen LogP) is 0.175. The summed E-state index contributed by atoms with van der Waals surface area (Å²) in [4.78, 5) is 22.6. The number of nitrogens with zero attached hydrogens (tertiary/aromatic N) is 2. The molecule has 1 fully saturated rings. The molecular weight excluding hydrogens is 262 g/mol. The summed E-state index contributed by atoms with van der Waals surface area (Å²) in [6.07, 6.45) is 0.721. The average Bonchev–Trinajstić information content (AvgIpc) is 2.77. The van der Waals surface area contributed by atoms with Gasteiger partial charge >= 0.3 is 6.01 Å². The number of nitrogens with one attached hydrogen (secondary N) is 3. The van der Waals surface area contributed by atoms with Gasteiger partial charge in [-0.3, -0.25) is 14.9 Å². The van der Waals surface area contributed by atoms with Crippen LogP contribution in [0.15, 0.2) is 4.42 Å². The largest absolute Gasteiger partial charge is 0.407 e. The van der Waals surface area contributed by atoms with Crippen LogP contribution in [0, 0.1) is 0 Å². The molecule has 1 aromatic rings. The van der Waals surface area contributed by atoms with Crippen molar-refractivity contribution in [1.82, 2.24) is 20.8 Å². The van der Waals surface area contributed by atoms with Crippen LogP contribution < -0.4 is 16.0 Å². The van der Waals surface area contributed by atoms with Crippen molar-refractivity contribution in [2.45, 2.75) is 51.7 Å². The van der Waals surface area contributed by atoms with Gasteiger partial charge < -0.3 is 15.1 Å². The quantitative estimate of drug-likeness (QED) is 0.675. The average molecular weight is 281 g/mol. The van der Waals surface area contributed by atoms with Crippen molar-refractivity contribution >= 4 is 17.8 Å². The number of amides is 2. The third kappa shape index (κ3) is 4.02. The number of carbonyl (C=O) groups is 2. The third-order valence-electron chi connectivity index (χ3n) is 2.77. The van der Waals surface area contributed by atoms with Crippen LogP contribution in [0.4, 0.5) is 6.01 Å². The van der Waals surface area contributed by atoms with Crippen molar-refractivity contribution in [3.63, 3.8) is 0 Å². The van der Waals surface area contributed by atoms with E-state index in [0.29, 0.717) is 25.3 Å². The lowest BCUT2D eigenvalue weighted by Crippen LogP contribution is -2.47. The van der Waals surface area contributed by atoms with Crippen LogP contribution in [0.25, 0.3) is 0 Å². The molecule has 0 saturated carbocycles. The molecule has 2 heterocycles. The highest BCUT2D eigenvalue weighted by Crippen LogP contribution is 2.13.